The zero-order chi connectivity index (χ0) is 26.4. The first-order chi connectivity index (χ1) is 18.4. The van der Waals surface area contributed by atoms with E-state index in [-0.39, 0.29) is 11.6 Å². The van der Waals surface area contributed by atoms with E-state index in [1.807, 2.05) is 19.1 Å². The number of nitrogens with two attached hydrogens (primary N) is 1. The summed E-state index contributed by atoms with van der Waals surface area (Å²) in [4.78, 5) is 29.1. The van der Waals surface area contributed by atoms with Crippen LogP contribution in [0.4, 0.5) is 4.79 Å². The number of aryl methyl sites for hydroxylation is 2. The number of carbonyl (C=O) groups is 1. The summed E-state index contributed by atoms with van der Waals surface area (Å²) in [6.07, 6.45) is 1.95. The Balaban J connectivity index is 1.35. The van der Waals surface area contributed by atoms with Crippen LogP contribution in [0.15, 0.2) is 70.1 Å². The SMILES string of the molecule is Cc1oc([C@@H]2CCc3cc(-c4cc(Cl)ccc4-n4cnnn4)cc(=O)n32)nc1-c1ccc(OC(N)=O)cc1. The van der Waals surface area contributed by atoms with Gasteiger partial charge in [-0.2, -0.15) is 4.68 Å². The van der Waals surface area contributed by atoms with Crippen molar-refractivity contribution in [3.8, 4) is 33.8 Å². The predicted molar refractivity (Wildman–Crippen MR) is 137 cm³/mol. The molecule has 6 rings (SSSR count). The van der Waals surface area contributed by atoms with Crippen molar-refractivity contribution in [2.24, 2.45) is 5.73 Å². The molecule has 0 saturated heterocycles. The number of benzene rings is 2. The quantitative estimate of drug-likeness (QED) is 0.358. The van der Waals surface area contributed by atoms with Crippen LogP contribution in [0.3, 0.4) is 0 Å². The first-order valence-electron chi connectivity index (χ1n) is 11.7. The molecule has 38 heavy (non-hydrogen) atoms. The fraction of sp³-hybridized carbons (Fsp3) is 0.154. The molecule has 1 amide bonds. The summed E-state index contributed by atoms with van der Waals surface area (Å²) in [7, 11) is 0. The van der Waals surface area contributed by atoms with Crippen LogP contribution in [0, 0.1) is 6.92 Å². The van der Waals surface area contributed by atoms with E-state index in [4.69, 9.17) is 31.5 Å². The van der Waals surface area contributed by atoms with Crippen molar-refractivity contribution in [2.75, 3.05) is 0 Å². The predicted octanol–water partition coefficient (Wildman–Crippen LogP) is 4.10. The van der Waals surface area contributed by atoms with E-state index in [0.717, 1.165) is 22.4 Å². The maximum Gasteiger partial charge on any atom is 0.409 e. The number of primary amides is 1. The normalized spacial score (nSPS) is 14.4. The van der Waals surface area contributed by atoms with Crippen LogP contribution < -0.4 is 16.0 Å². The average molecular weight is 530 g/mol. The van der Waals surface area contributed by atoms with Crippen LogP contribution >= 0.6 is 11.6 Å². The van der Waals surface area contributed by atoms with Crippen LogP contribution in [-0.4, -0.2) is 35.9 Å². The van der Waals surface area contributed by atoms with Gasteiger partial charge in [0.15, 0.2) is 0 Å². The second kappa shape index (κ2) is 9.27. The number of pyridine rings is 1. The highest BCUT2D eigenvalue weighted by Gasteiger charge is 2.30. The van der Waals surface area contributed by atoms with Gasteiger partial charge in [-0.3, -0.25) is 4.79 Å². The van der Waals surface area contributed by atoms with Crippen molar-refractivity contribution < 1.29 is 13.9 Å². The number of halogens is 1. The molecule has 4 heterocycles. The summed E-state index contributed by atoms with van der Waals surface area (Å²) in [5.41, 5.74) is 9.36. The Kier molecular flexibility index (Phi) is 5.76. The average Bonchev–Trinajstić information content (AvgIpc) is 3.64. The number of oxazole rings is 1. The summed E-state index contributed by atoms with van der Waals surface area (Å²) in [5, 5.41) is 11.9. The van der Waals surface area contributed by atoms with Gasteiger partial charge in [0.05, 0.1) is 5.69 Å². The Bertz CT molecular complexity index is 1730. The highest BCUT2D eigenvalue weighted by Crippen LogP contribution is 2.36. The van der Waals surface area contributed by atoms with Crippen LogP contribution in [0.2, 0.25) is 5.02 Å². The molecule has 0 unspecified atom stereocenters. The number of hydrogen-bond donors (Lipinski definition) is 1. The molecule has 0 aliphatic carbocycles. The van der Waals surface area contributed by atoms with Crippen LogP contribution in [0.1, 0.15) is 29.8 Å². The molecule has 12 heteroatoms. The lowest BCUT2D eigenvalue weighted by molar-refractivity contribution is 0.211. The summed E-state index contributed by atoms with van der Waals surface area (Å²) in [6.45, 7) is 1.82. The second-order valence-electron chi connectivity index (χ2n) is 8.82. The Morgan fingerprint density at radius 3 is 2.68 bits per heavy atom. The molecule has 1 aliphatic heterocycles. The van der Waals surface area contributed by atoms with E-state index in [2.05, 4.69) is 15.5 Å². The zero-order valence-corrected chi connectivity index (χ0v) is 20.8. The molecule has 11 nitrogen and oxygen atoms in total. The van der Waals surface area contributed by atoms with Gasteiger partial charge in [0, 0.05) is 27.9 Å². The molecule has 1 atom stereocenters. The van der Waals surface area contributed by atoms with Gasteiger partial charge in [0.1, 0.15) is 29.6 Å². The summed E-state index contributed by atoms with van der Waals surface area (Å²) in [5.74, 6) is 1.41. The number of nitrogens with zero attached hydrogens (tertiary/aromatic N) is 6. The molecule has 0 bridgehead atoms. The lowest BCUT2D eigenvalue weighted by Crippen LogP contribution is -2.23. The van der Waals surface area contributed by atoms with Crippen LogP contribution in [-0.2, 0) is 6.42 Å². The number of ether oxygens (including phenoxy) is 1. The fourth-order valence-electron chi connectivity index (χ4n) is 4.82. The third-order valence-electron chi connectivity index (χ3n) is 6.44. The van der Waals surface area contributed by atoms with Crippen molar-refractivity contribution in [3.63, 3.8) is 0 Å². The van der Waals surface area contributed by atoms with Gasteiger partial charge in [-0.15, -0.1) is 5.10 Å². The molecule has 0 spiro atoms. The third-order valence-corrected chi connectivity index (χ3v) is 6.68. The van der Waals surface area contributed by atoms with E-state index in [1.165, 1.54) is 11.0 Å². The van der Waals surface area contributed by atoms with Crippen molar-refractivity contribution in [1.82, 2.24) is 29.8 Å². The maximum atomic E-state index is 13.4. The molecule has 3 aromatic heterocycles. The Morgan fingerprint density at radius 1 is 1.13 bits per heavy atom. The van der Waals surface area contributed by atoms with Crippen molar-refractivity contribution in [3.05, 3.63) is 93.6 Å². The van der Waals surface area contributed by atoms with Gasteiger partial charge >= 0.3 is 6.09 Å². The molecule has 190 valence electrons. The minimum atomic E-state index is -0.881. The first kappa shape index (κ1) is 23.6. The van der Waals surface area contributed by atoms with E-state index < -0.39 is 6.09 Å². The van der Waals surface area contributed by atoms with Gasteiger partial charge < -0.3 is 19.5 Å². The lowest BCUT2D eigenvalue weighted by atomic mass is 10.0. The van der Waals surface area contributed by atoms with Crippen molar-refractivity contribution in [1.29, 1.82) is 0 Å². The van der Waals surface area contributed by atoms with Gasteiger partial charge in [0.2, 0.25) is 5.89 Å². The van der Waals surface area contributed by atoms with Crippen molar-refractivity contribution in [2.45, 2.75) is 25.8 Å². The third kappa shape index (κ3) is 4.22. The van der Waals surface area contributed by atoms with Gasteiger partial charge in [-0.1, -0.05) is 11.6 Å². The summed E-state index contributed by atoms with van der Waals surface area (Å²) in [6, 6.07) is 15.4. The molecule has 0 fully saturated rings. The van der Waals surface area contributed by atoms with E-state index in [9.17, 15) is 9.59 Å². The smallest absolute Gasteiger partial charge is 0.409 e. The Morgan fingerprint density at radius 2 is 1.95 bits per heavy atom. The van der Waals surface area contributed by atoms with Crippen LogP contribution in [0.5, 0.6) is 5.75 Å². The topological polar surface area (TPSA) is 144 Å². The Labute approximate surface area is 220 Å². The zero-order valence-electron chi connectivity index (χ0n) is 20.0. The van der Waals surface area contributed by atoms with E-state index >= 15 is 0 Å². The van der Waals surface area contributed by atoms with Gasteiger partial charge in [0.25, 0.3) is 5.56 Å². The fourth-order valence-corrected chi connectivity index (χ4v) is 4.99. The highest BCUT2D eigenvalue weighted by molar-refractivity contribution is 6.31. The molecular formula is C26H20ClN7O4. The lowest BCUT2D eigenvalue weighted by Gasteiger charge is -2.14. The van der Waals surface area contributed by atoms with E-state index in [1.54, 1.807) is 47.0 Å². The van der Waals surface area contributed by atoms with Gasteiger partial charge in [-0.05, 0) is 84.3 Å². The molecule has 0 saturated carbocycles. The number of hydrogen-bond acceptors (Lipinski definition) is 8. The number of aromatic nitrogens is 6. The molecular weight excluding hydrogens is 510 g/mol. The van der Waals surface area contributed by atoms with E-state index in [0.29, 0.717) is 46.6 Å². The first-order valence-corrected chi connectivity index (χ1v) is 12.1. The monoisotopic (exact) mass is 529 g/mol. The number of amides is 1. The second-order valence-corrected chi connectivity index (χ2v) is 9.25. The number of carbonyl (C=O) groups excluding carboxylic acids is 1. The minimum Gasteiger partial charge on any atom is -0.443 e. The number of tetrazole rings is 1. The highest BCUT2D eigenvalue weighted by atomic mass is 35.5. The summed E-state index contributed by atoms with van der Waals surface area (Å²) >= 11 is 6.29. The molecule has 2 N–H and O–H groups in total. The van der Waals surface area contributed by atoms with Crippen LogP contribution in [0.25, 0.3) is 28.1 Å². The Hall–Kier alpha value is -4.77. The summed E-state index contributed by atoms with van der Waals surface area (Å²) < 4.78 is 14.2. The van der Waals surface area contributed by atoms with Gasteiger partial charge in [-0.25, -0.2) is 9.78 Å². The molecule has 2 aromatic carbocycles. The number of fused-ring (bicyclic) bond motifs is 1. The standard InChI is InChI=1S/C26H20ClN7O4/c1-14-24(15-2-6-19(7-3-15)38-26(28)36)30-25(37-14)22-9-5-18-10-16(11-23(35)34(18)22)20-12-17(27)4-8-21(20)33-13-29-31-32-33/h2-4,6-8,10-13,22H,5,9H2,1H3,(H2,28,36)/t22-/m0/s1. The molecule has 5 aromatic rings. The maximum absolute atomic E-state index is 13.4. The van der Waals surface area contributed by atoms with Crippen molar-refractivity contribution >= 4 is 17.7 Å². The number of rotatable bonds is 5. The molecule has 0 radical (unpaired) electrons. The minimum absolute atomic E-state index is 0.173. The molecule has 1 aliphatic rings. The largest absolute Gasteiger partial charge is 0.443 e.